The van der Waals surface area contributed by atoms with E-state index in [1.165, 1.54) is 33.0 Å². The van der Waals surface area contributed by atoms with Gasteiger partial charge in [-0.25, -0.2) is 4.98 Å². The number of fused-ring (bicyclic) bond motifs is 1. The number of nitrogens with zero attached hydrogens (tertiary/aromatic N) is 4. The van der Waals surface area contributed by atoms with Gasteiger partial charge in [0.2, 0.25) is 11.0 Å². The van der Waals surface area contributed by atoms with E-state index in [-0.39, 0.29) is 22.2 Å². The molecule has 0 bridgehead atoms. The summed E-state index contributed by atoms with van der Waals surface area (Å²) in [4.78, 5) is 33.1. The molecule has 0 radical (unpaired) electrons. The van der Waals surface area contributed by atoms with E-state index in [9.17, 15) is 9.59 Å². The lowest BCUT2D eigenvalue weighted by Gasteiger charge is -2.18. The lowest BCUT2D eigenvalue weighted by atomic mass is 9.93. The quantitative estimate of drug-likeness (QED) is 0.238. The number of methoxy groups -OCH3 is 3. The van der Waals surface area contributed by atoms with E-state index in [0.29, 0.717) is 76.2 Å². The van der Waals surface area contributed by atoms with Gasteiger partial charge in [-0.3, -0.25) is 19.4 Å². The molecule has 0 saturated carbocycles. The molecule has 1 aliphatic heterocycles. The van der Waals surface area contributed by atoms with Crippen molar-refractivity contribution in [1.82, 2.24) is 10.3 Å². The van der Waals surface area contributed by atoms with E-state index in [0.717, 1.165) is 11.3 Å². The van der Waals surface area contributed by atoms with Crippen LogP contribution in [0.2, 0.25) is 0 Å². The molecule has 14 heteroatoms. The number of hydrogen-bond acceptors (Lipinski definition) is 12. The average Bonchev–Trinajstić information content (AvgIpc) is 3.55. The number of rotatable bonds is 8. The minimum atomic E-state index is -0.497. The number of aromatic nitrogens is 3. The molecule has 0 spiro atoms. The molecule has 210 valence electrons. The van der Waals surface area contributed by atoms with Crippen molar-refractivity contribution < 1.29 is 37.9 Å². The second-order valence-corrected chi connectivity index (χ2v) is 9.95. The molecule has 1 aromatic carbocycles. The maximum Gasteiger partial charge on any atom is 0.306 e. The van der Waals surface area contributed by atoms with E-state index in [2.05, 4.69) is 15.6 Å². The number of ether oxygens (including phenoxy) is 4. The van der Waals surface area contributed by atoms with Crippen LogP contribution in [0.5, 0.6) is 17.2 Å². The molecule has 0 aliphatic carbocycles. The Labute approximate surface area is 233 Å². The summed E-state index contributed by atoms with van der Waals surface area (Å²) >= 11 is 1.11. The van der Waals surface area contributed by atoms with E-state index in [1.54, 1.807) is 25.3 Å². The molecule has 3 aromatic heterocycles. The Bertz CT molecular complexity index is 1580. The van der Waals surface area contributed by atoms with Gasteiger partial charge in [-0.2, -0.15) is 0 Å². The van der Waals surface area contributed by atoms with E-state index in [1.807, 2.05) is 5.01 Å². The average molecular weight is 570 g/mol. The first-order chi connectivity index (χ1) is 19.3. The van der Waals surface area contributed by atoms with Crippen LogP contribution in [0.1, 0.15) is 32.6 Å². The summed E-state index contributed by atoms with van der Waals surface area (Å²) in [6.45, 7) is 5.63. The SMILES string of the molecule is COc1cc(-c2c(C(C)=O)c(C)nc3sc(C(=O)Nc4c[n+](N5CCOCC5)no4)c(N)c23)cc(OC)c1OC. The number of pyridine rings is 1. The Morgan fingerprint density at radius 2 is 1.80 bits per heavy atom. The lowest BCUT2D eigenvalue weighted by Crippen LogP contribution is -2.62. The summed E-state index contributed by atoms with van der Waals surface area (Å²) in [6, 6.07) is 3.47. The van der Waals surface area contributed by atoms with Crippen LogP contribution < -0.4 is 35.1 Å². The van der Waals surface area contributed by atoms with E-state index < -0.39 is 5.91 Å². The number of morpholine rings is 1. The first-order valence-electron chi connectivity index (χ1n) is 12.3. The van der Waals surface area contributed by atoms with Gasteiger partial charge in [0, 0.05) is 16.5 Å². The fraction of sp³-hybridized carbons (Fsp3) is 0.346. The van der Waals surface area contributed by atoms with Crippen molar-refractivity contribution in [1.29, 1.82) is 0 Å². The van der Waals surface area contributed by atoms with Crippen LogP contribution in [0.15, 0.2) is 22.9 Å². The van der Waals surface area contributed by atoms with Gasteiger partial charge in [0.05, 0.1) is 63.8 Å². The Kier molecular flexibility index (Phi) is 7.45. The van der Waals surface area contributed by atoms with Gasteiger partial charge < -0.3 is 24.7 Å². The van der Waals surface area contributed by atoms with Gasteiger partial charge in [0.1, 0.15) is 9.71 Å². The summed E-state index contributed by atoms with van der Waals surface area (Å²) in [5, 5.41) is 9.10. The number of Topliss-reactive ketones (excluding diaryl/α,β-unsaturated/α-hetero) is 1. The number of anilines is 2. The van der Waals surface area contributed by atoms with Crippen molar-refractivity contribution in [3.63, 3.8) is 0 Å². The summed E-state index contributed by atoms with van der Waals surface area (Å²) < 4.78 is 27.2. The molecule has 4 aromatic rings. The molecule has 1 aliphatic rings. The number of aryl methyl sites for hydroxylation is 1. The molecule has 1 fully saturated rings. The second-order valence-electron chi connectivity index (χ2n) is 8.95. The molecule has 3 N–H and O–H groups in total. The molecule has 1 saturated heterocycles. The minimum absolute atomic E-state index is 0.145. The third-order valence-corrected chi connectivity index (χ3v) is 7.64. The van der Waals surface area contributed by atoms with E-state index in [4.69, 9.17) is 29.2 Å². The van der Waals surface area contributed by atoms with Crippen LogP contribution >= 0.6 is 11.3 Å². The Hall–Kier alpha value is -4.43. The highest BCUT2D eigenvalue weighted by Gasteiger charge is 2.29. The fourth-order valence-corrected chi connectivity index (χ4v) is 5.78. The minimum Gasteiger partial charge on any atom is -0.493 e. The zero-order valence-corrected chi connectivity index (χ0v) is 23.5. The summed E-state index contributed by atoms with van der Waals surface area (Å²) in [6.07, 6.45) is 1.57. The number of nitrogen functional groups attached to an aromatic ring is 1. The van der Waals surface area contributed by atoms with Gasteiger partial charge in [-0.15, -0.1) is 16.3 Å². The van der Waals surface area contributed by atoms with Crippen molar-refractivity contribution in [2.45, 2.75) is 13.8 Å². The molecule has 5 rings (SSSR count). The van der Waals surface area contributed by atoms with Crippen molar-refractivity contribution in [3.8, 4) is 28.4 Å². The van der Waals surface area contributed by atoms with Crippen LogP contribution in [-0.4, -0.2) is 69.6 Å². The zero-order chi connectivity index (χ0) is 28.6. The standard InChI is InChI=1S/C26H28N6O7S/c1-13-19(14(2)33)20(15-10-16(35-3)23(37-5)17(11-15)36-4)21-22(27)24(40-26(21)28-13)25(34)29-18-12-32(30-39-18)31-6-8-38-9-7-31/h10-12H,6-9H2,1-5H3,(H2-,27,29,30,34)/p+1. The molecular weight excluding hydrogens is 540 g/mol. The largest absolute Gasteiger partial charge is 0.493 e. The number of amides is 1. The molecule has 40 heavy (non-hydrogen) atoms. The predicted molar refractivity (Wildman–Crippen MR) is 147 cm³/mol. The maximum atomic E-state index is 13.4. The number of thiophene rings is 1. The summed E-state index contributed by atoms with van der Waals surface area (Å²) in [7, 11) is 4.52. The Balaban J connectivity index is 1.61. The van der Waals surface area contributed by atoms with Crippen molar-refractivity contribution in [2.24, 2.45) is 0 Å². The smallest absolute Gasteiger partial charge is 0.306 e. The number of nitrogens with two attached hydrogens (primary N) is 1. The van der Waals surface area contributed by atoms with Crippen LogP contribution in [0.25, 0.3) is 21.3 Å². The normalized spacial score (nSPS) is 13.4. The van der Waals surface area contributed by atoms with E-state index >= 15 is 0 Å². The monoisotopic (exact) mass is 569 g/mol. The Morgan fingerprint density at radius 3 is 2.40 bits per heavy atom. The topological polar surface area (TPSA) is 155 Å². The summed E-state index contributed by atoms with van der Waals surface area (Å²) in [5.74, 6) is 0.649. The van der Waals surface area contributed by atoms with Crippen LogP contribution in [-0.2, 0) is 4.74 Å². The highest BCUT2D eigenvalue weighted by atomic mass is 32.1. The van der Waals surface area contributed by atoms with Gasteiger partial charge in [-0.05, 0) is 31.5 Å². The van der Waals surface area contributed by atoms with Gasteiger partial charge >= 0.3 is 5.88 Å². The first-order valence-corrected chi connectivity index (χ1v) is 13.2. The number of hydrogen-bond donors (Lipinski definition) is 2. The number of carbonyl (C=O) groups is 2. The molecule has 0 atom stereocenters. The number of benzene rings is 1. The lowest BCUT2D eigenvalue weighted by molar-refractivity contribution is -0.759. The fourth-order valence-electron chi connectivity index (χ4n) is 4.73. The highest BCUT2D eigenvalue weighted by Crippen LogP contribution is 2.47. The molecule has 4 heterocycles. The second kappa shape index (κ2) is 11.0. The molecule has 1 amide bonds. The van der Waals surface area contributed by atoms with Gasteiger partial charge in [0.15, 0.2) is 17.3 Å². The molecule has 13 nitrogen and oxygen atoms in total. The predicted octanol–water partition coefficient (Wildman–Crippen LogP) is 2.58. The molecule has 0 unspecified atom stereocenters. The van der Waals surface area contributed by atoms with Gasteiger partial charge in [0.25, 0.3) is 12.1 Å². The zero-order valence-electron chi connectivity index (χ0n) is 22.7. The van der Waals surface area contributed by atoms with Crippen LogP contribution in [0.3, 0.4) is 0 Å². The van der Waals surface area contributed by atoms with Crippen molar-refractivity contribution in [3.05, 3.63) is 34.5 Å². The molecular formula is C26H29N6O7S+. The van der Waals surface area contributed by atoms with Crippen molar-refractivity contribution >= 4 is 44.8 Å². The number of carbonyl (C=O) groups excluding carboxylic acids is 2. The Morgan fingerprint density at radius 1 is 1.12 bits per heavy atom. The summed E-state index contributed by atoms with van der Waals surface area (Å²) in [5.41, 5.74) is 8.77. The number of nitrogens with one attached hydrogen (secondary N) is 1. The number of ketones is 1. The third kappa shape index (κ3) is 4.75. The van der Waals surface area contributed by atoms with Crippen LogP contribution in [0.4, 0.5) is 11.6 Å². The van der Waals surface area contributed by atoms with Crippen LogP contribution in [0, 0.1) is 6.92 Å². The first kappa shape index (κ1) is 27.1. The van der Waals surface area contributed by atoms with Gasteiger partial charge in [-0.1, -0.05) is 0 Å². The maximum absolute atomic E-state index is 13.4. The highest BCUT2D eigenvalue weighted by molar-refractivity contribution is 7.21. The third-order valence-electron chi connectivity index (χ3n) is 6.54. The van der Waals surface area contributed by atoms with Crippen molar-refractivity contribution in [2.75, 3.05) is 63.7 Å².